The summed E-state index contributed by atoms with van der Waals surface area (Å²) < 4.78 is 46.2. The maximum absolute atomic E-state index is 13.1. The molecule has 0 aliphatic carbocycles. The quantitative estimate of drug-likeness (QED) is 0.458. The molecule has 0 amide bonds. The summed E-state index contributed by atoms with van der Waals surface area (Å²) in [5.41, 5.74) is 2.13. The maximum atomic E-state index is 13.1. The average Bonchev–Trinajstić information content (AvgIpc) is 3.12. The van der Waals surface area contributed by atoms with Crippen molar-refractivity contribution in [3.8, 4) is 5.69 Å². The van der Waals surface area contributed by atoms with Crippen LogP contribution in [0, 0.1) is 12.8 Å². The van der Waals surface area contributed by atoms with E-state index in [4.69, 9.17) is 21.3 Å². The fraction of sp³-hybridized carbons (Fsp3) is 0.391. The van der Waals surface area contributed by atoms with Crippen LogP contribution in [0.2, 0.25) is 5.02 Å². The summed E-state index contributed by atoms with van der Waals surface area (Å²) in [7, 11) is 0. The lowest BCUT2D eigenvalue weighted by Crippen LogP contribution is -2.38. The standard InChI is InChI=1S/C23H23ClF3N3O2/c1-3-32-21(31)15-8-10-29(11-9-15)22-28-19-13-18(24)14(2)12-20(19)30(22)17-6-4-16(5-7-17)23(25,26)27/h4-7,12-13,15H,3,8-11H2,1-2H3. The Bertz CT molecular complexity index is 1130. The number of ether oxygens (including phenoxy) is 1. The van der Waals surface area contributed by atoms with E-state index in [1.165, 1.54) is 12.1 Å². The molecule has 1 aromatic heterocycles. The number of aryl methyl sites for hydroxylation is 1. The van der Waals surface area contributed by atoms with Gasteiger partial charge in [-0.3, -0.25) is 9.36 Å². The number of benzene rings is 2. The van der Waals surface area contributed by atoms with Gasteiger partial charge in [-0.1, -0.05) is 11.6 Å². The van der Waals surface area contributed by atoms with E-state index >= 15 is 0 Å². The van der Waals surface area contributed by atoms with Gasteiger partial charge in [-0.2, -0.15) is 13.2 Å². The van der Waals surface area contributed by atoms with Crippen molar-refractivity contribution in [1.29, 1.82) is 0 Å². The van der Waals surface area contributed by atoms with E-state index in [0.29, 0.717) is 54.7 Å². The van der Waals surface area contributed by atoms with E-state index in [0.717, 1.165) is 23.2 Å². The molecule has 2 aromatic carbocycles. The van der Waals surface area contributed by atoms with E-state index in [-0.39, 0.29) is 11.9 Å². The molecular formula is C23H23ClF3N3O2. The third-order valence-corrected chi connectivity index (χ3v) is 6.17. The number of piperidine rings is 1. The number of hydrogen-bond donors (Lipinski definition) is 0. The summed E-state index contributed by atoms with van der Waals surface area (Å²) >= 11 is 6.30. The molecule has 0 atom stereocenters. The zero-order chi connectivity index (χ0) is 23.0. The molecule has 0 saturated carbocycles. The van der Waals surface area contributed by atoms with Crippen molar-refractivity contribution in [2.45, 2.75) is 32.9 Å². The Morgan fingerprint density at radius 2 is 1.84 bits per heavy atom. The third-order valence-electron chi connectivity index (χ3n) is 5.77. The summed E-state index contributed by atoms with van der Waals surface area (Å²) in [6, 6.07) is 8.69. The number of carbonyl (C=O) groups excluding carboxylic acids is 1. The number of imidazole rings is 1. The van der Waals surface area contributed by atoms with Crippen LogP contribution < -0.4 is 4.90 Å². The second-order valence-corrected chi connectivity index (χ2v) is 8.30. The molecular weight excluding hydrogens is 443 g/mol. The van der Waals surface area contributed by atoms with Gasteiger partial charge in [-0.05, 0) is 68.7 Å². The maximum Gasteiger partial charge on any atom is 0.416 e. The first-order chi connectivity index (χ1) is 15.2. The Morgan fingerprint density at radius 1 is 1.19 bits per heavy atom. The van der Waals surface area contributed by atoms with Crippen molar-refractivity contribution in [3.05, 3.63) is 52.5 Å². The number of hydrogen-bond acceptors (Lipinski definition) is 4. The second-order valence-electron chi connectivity index (χ2n) is 7.90. The zero-order valence-corrected chi connectivity index (χ0v) is 18.5. The molecule has 0 spiro atoms. The molecule has 0 N–H and O–H groups in total. The fourth-order valence-corrected chi connectivity index (χ4v) is 4.19. The topological polar surface area (TPSA) is 47.4 Å². The highest BCUT2D eigenvalue weighted by atomic mass is 35.5. The smallest absolute Gasteiger partial charge is 0.416 e. The summed E-state index contributed by atoms with van der Waals surface area (Å²) in [5.74, 6) is 0.265. The van der Waals surface area contributed by atoms with Crippen LogP contribution in [0.4, 0.5) is 19.1 Å². The molecule has 0 unspecified atom stereocenters. The number of esters is 1. The zero-order valence-electron chi connectivity index (χ0n) is 17.7. The Kier molecular flexibility index (Phi) is 6.07. The lowest BCUT2D eigenvalue weighted by molar-refractivity contribution is -0.148. The van der Waals surface area contributed by atoms with Gasteiger partial charge in [0.1, 0.15) is 0 Å². The largest absolute Gasteiger partial charge is 0.466 e. The van der Waals surface area contributed by atoms with Crippen molar-refractivity contribution >= 4 is 34.6 Å². The summed E-state index contributed by atoms with van der Waals surface area (Å²) in [5, 5.41) is 0.571. The molecule has 1 saturated heterocycles. The number of aromatic nitrogens is 2. The first kappa shape index (κ1) is 22.5. The van der Waals surface area contributed by atoms with Crippen molar-refractivity contribution in [1.82, 2.24) is 9.55 Å². The minimum absolute atomic E-state index is 0.160. The average molecular weight is 466 g/mol. The minimum atomic E-state index is -4.41. The first-order valence-corrected chi connectivity index (χ1v) is 10.8. The molecule has 2 heterocycles. The van der Waals surface area contributed by atoms with Gasteiger partial charge in [0.15, 0.2) is 0 Å². The molecule has 9 heteroatoms. The minimum Gasteiger partial charge on any atom is -0.466 e. The highest BCUT2D eigenvalue weighted by Crippen LogP contribution is 2.34. The number of rotatable bonds is 4. The van der Waals surface area contributed by atoms with Gasteiger partial charge in [-0.25, -0.2) is 4.98 Å². The Morgan fingerprint density at radius 3 is 2.44 bits per heavy atom. The van der Waals surface area contributed by atoms with Gasteiger partial charge in [0.2, 0.25) is 5.95 Å². The lowest BCUT2D eigenvalue weighted by atomic mass is 9.97. The van der Waals surface area contributed by atoms with E-state index in [1.807, 2.05) is 17.6 Å². The predicted octanol–water partition coefficient (Wildman–Crippen LogP) is 5.79. The normalized spacial score (nSPS) is 15.4. The van der Waals surface area contributed by atoms with Gasteiger partial charge in [0.25, 0.3) is 0 Å². The molecule has 1 aliphatic heterocycles. The second kappa shape index (κ2) is 8.65. The Hall–Kier alpha value is -2.74. The molecule has 170 valence electrons. The van der Waals surface area contributed by atoms with Gasteiger partial charge >= 0.3 is 12.1 Å². The van der Waals surface area contributed by atoms with Crippen molar-refractivity contribution in [2.75, 3.05) is 24.6 Å². The van der Waals surface area contributed by atoms with E-state index in [2.05, 4.69) is 4.90 Å². The van der Waals surface area contributed by atoms with Crippen LogP contribution in [0.15, 0.2) is 36.4 Å². The number of nitrogens with zero attached hydrogens (tertiary/aromatic N) is 3. The van der Waals surface area contributed by atoms with Gasteiger partial charge in [0, 0.05) is 23.8 Å². The Labute approximate surface area is 188 Å². The number of halogens is 4. The molecule has 4 rings (SSSR count). The van der Waals surface area contributed by atoms with Gasteiger partial charge in [-0.15, -0.1) is 0 Å². The van der Waals surface area contributed by atoms with Crippen LogP contribution >= 0.6 is 11.6 Å². The number of carbonyl (C=O) groups is 1. The lowest BCUT2D eigenvalue weighted by Gasteiger charge is -2.32. The number of anilines is 1. The fourth-order valence-electron chi connectivity index (χ4n) is 4.03. The molecule has 5 nitrogen and oxygen atoms in total. The van der Waals surface area contributed by atoms with Crippen LogP contribution in [0.3, 0.4) is 0 Å². The molecule has 1 aliphatic rings. The van der Waals surface area contributed by atoms with Crippen LogP contribution in [0.5, 0.6) is 0 Å². The Balaban J connectivity index is 1.74. The highest BCUT2D eigenvalue weighted by Gasteiger charge is 2.31. The summed E-state index contributed by atoms with van der Waals surface area (Å²) in [6.07, 6.45) is -3.17. The molecule has 3 aromatic rings. The monoisotopic (exact) mass is 465 g/mol. The summed E-state index contributed by atoms with van der Waals surface area (Å²) in [4.78, 5) is 18.9. The van der Waals surface area contributed by atoms with E-state index in [1.54, 1.807) is 13.0 Å². The van der Waals surface area contributed by atoms with E-state index < -0.39 is 11.7 Å². The van der Waals surface area contributed by atoms with Gasteiger partial charge < -0.3 is 9.64 Å². The molecule has 0 bridgehead atoms. The first-order valence-electron chi connectivity index (χ1n) is 10.5. The molecule has 32 heavy (non-hydrogen) atoms. The molecule has 1 fully saturated rings. The van der Waals surface area contributed by atoms with Crippen LogP contribution in [0.25, 0.3) is 16.7 Å². The van der Waals surface area contributed by atoms with Gasteiger partial charge in [0.05, 0.1) is 29.1 Å². The van der Waals surface area contributed by atoms with Crippen molar-refractivity contribution in [3.63, 3.8) is 0 Å². The van der Waals surface area contributed by atoms with Crippen molar-refractivity contribution in [2.24, 2.45) is 5.92 Å². The van der Waals surface area contributed by atoms with Crippen LogP contribution in [-0.2, 0) is 15.7 Å². The third kappa shape index (κ3) is 4.28. The molecule has 0 radical (unpaired) electrons. The number of alkyl halides is 3. The van der Waals surface area contributed by atoms with Crippen LogP contribution in [0.1, 0.15) is 30.9 Å². The van der Waals surface area contributed by atoms with Crippen LogP contribution in [-0.4, -0.2) is 35.2 Å². The summed E-state index contributed by atoms with van der Waals surface area (Å²) in [6.45, 7) is 5.17. The predicted molar refractivity (Wildman–Crippen MR) is 117 cm³/mol. The van der Waals surface area contributed by atoms with Crippen molar-refractivity contribution < 1.29 is 22.7 Å². The van der Waals surface area contributed by atoms with E-state index in [9.17, 15) is 18.0 Å². The highest BCUT2D eigenvalue weighted by molar-refractivity contribution is 6.32. The number of fused-ring (bicyclic) bond motifs is 1. The SMILES string of the molecule is CCOC(=O)C1CCN(c2nc3cc(Cl)c(C)cc3n2-c2ccc(C(F)(F)F)cc2)CC1.